The number of carbonyl (C=O) groups excluding carboxylic acids is 1. The van der Waals surface area contributed by atoms with Crippen LogP contribution >= 0.6 is 0 Å². The smallest absolute Gasteiger partial charge is 0.338 e. The maximum atomic E-state index is 11.8. The van der Waals surface area contributed by atoms with Gasteiger partial charge in [0.25, 0.3) is 0 Å². The zero-order valence-electron chi connectivity index (χ0n) is 12.7. The van der Waals surface area contributed by atoms with E-state index in [0.717, 1.165) is 5.69 Å². The molecule has 1 aromatic rings. The Morgan fingerprint density at radius 3 is 2.45 bits per heavy atom. The van der Waals surface area contributed by atoms with E-state index < -0.39 is 0 Å². The van der Waals surface area contributed by atoms with Crippen LogP contribution in [0, 0.1) is 5.92 Å². The van der Waals surface area contributed by atoms with E-state index in [4.69, 9.17) is 4.74 Å². The quantitative estimate of drug-likeness (QED) is 0.835. The fourth-order valence-electron chi connectivity index (χ4n) is 2.73. The maximum Gasteiger partial charge on any atom is 0.338 e. The van der Waals surface area contributed by atoms with Gasteiger partial charge in [0.15, 0.2) is 0 Å². The summed E-state index contributed by atoms with van der Waals surface area (Å²) in [5.41, 5.74) is 1.70. The molecule has 110 valence electrons. The first kappa shape index (κ1) is 14.9. The Kier molecular flexibility index (Phi) is 5.05. The summed E-state index contributed by atoms with van der Waals surface area (Å²) in [6.45, 7) is 6.03. The van der Waals surface area contributed by atoms with Crippen LogP contribution in [-0.4, -0.2) is 18.1 Å². The van der Waals surface area contributed by atoms with Crippen molar-refractivity contribution in [2.75, 3.05) is 5.32 Å². The fraction of sp³-hybridized carbons (Fsp3) is 0.588. The highest BCUT2D eigenvalue weighted by Crippen LogP contribution is 2.26. The van der Waals surface area contributed by atoms with Crippen molar-refractivity contribution in [2.24, 2.45) is 5.92 Å². The summed E-state index contributed by atoms with van der Waals surface area (Å²) in [5, 5.41) is 3.59. The number of nitrogens with one attached hydrogen (secondary N) is 1. The summed E-state index contributed by atoms with van der Waals surface area (Å²) in [6, 6.07) is 8.16. The van der Waals surface area contributed by atoms with Gasteiger partial charge in [-0.05, 0) is 56.9 Å². The van der Waals surface area contributed by atoms with Gasteiger partial charge >= 0.3 is 5.97 Å². The van der Waals surface area contributed by atoms with Crippen molar-refractivity contribution in [2.45, 2.75) is 58.6 Å². The van der Waals surface area contributed by atoms with Crippen LogP contribution in [0.1, 0.15) is 56.8 Å². The summed E-state index contributed by atoms with van der Waals surface area (Å²) < 4.78 is 5.18. The molecule has 1 aliphatic rings. The van der Waals surface area contributed by atoms with Gasteiger partial charge in [0.05, 0.1) is 11.7 Å². The van der Waals surface area contributed by atoms with E-state index in [1.165, 1.54) is 25.7 Å². The Bertz CT molecular complexity index is 439. The lowest BCUT2D eigenvalue weighted by atomic mass is 9.86. The van der Waals surface area contributed by atoms with E-state index in [9.17, 15) is 4.79 Å². The van der Waals surface area contributed by atoms with Crippen LogP contribution < -0.4 is 5.32 Å². The Balaban J connectivity index is 1.95. The molecule has 3 nitrogen and oxygen atoms in total. The Labute approximate surface area is 121 Å². The van der Waals surface area contributed by atoms with E-state index in [0.29, 0.717) is 17.5 Å². The number of esters is 1. The summed E-state index contributed by atoms with van der Waals surface area (Å²) in [7, 11) is 0. The second-order valence-corrected chi connectivity index (χ2v) is 6.04. The van der Waals surface area contributed by atoms with Crippen molar-refractivity contribution < 1.29 is 9.53 Å². The molecule has 0 radical (unpaired) electrons. The molecule has 0 bridgehead atoms. The normalized spacial score (nSPS) is 22.6. The van der Waals surface area contributed by atoms with Crippen LogP contribution in [0.15, 0.2) is 24.3 Å². The number of anilines is 1. The van der Waals surface area contributed by atoms with Crippen molar-refractivity contribution in [3.8, 4) is 0 Å². The monoisotopic (exact) mass is 275 g/mol. The Morgan fingerprint density at radius 2 is 1.85 bits per heavy atom. The van der Waals surface area contributed by atoms with Gasteiger partial charge in [-0.25, -0.2) is 4.79 Å². The molecule has 0 aliphatic heterocycles. The minimum atomic E-state index is -0.252. The van der Waals surface area contributed by atoms with Crippen LogP contribution in [0.5, 0.6) is 0 Å². The predicted molar refractivity (Wildman–Crippen MR) is 82.0 cm³/mol. The average molecular weight is 275 g/mol. The largest absolute Gasteiger partial charge is 0.459 e. The lowest BCUT2D eigenvalue weighted by Crippen LogP contribution is -2.30. The highest BCUT2D eigenvalue weighted by atomic mass is 16.5. The van der Waals surface area contributed by atoms with Crippen LogP contribution in [0.25, 0.3) is 0 Å². The zero-order valence-corrected chi connectivity index (χ0v) is 12.7. The van der Waals surface area contributed by atoms with Gasteiger partial charge < -0.3 is 10.1 Å². The van der Waals surface area contributed by atoms with Crippen molar-refractivity contribution in [3.63, 3.8) is 0 Å². The third kappa shape index (κ3) is 3.99. The van der Waals surface area contributed by atoms with Gasteiger partial charge in [-0.2, -0.15) is 0 Å². The third-order valence-electron chi connectivity index (χ3n) is 3.93. The fourth-order valence-corrected chi connectivity index (χ4v) is 2.73. The third-order valence-corrected chi connectivity index (χ3v) is 3.93. The molecule has 0 amide bonds. The zero-order chi connectivity index (χ0) is 14.5. The number of benzene rings is 1. The van der Waals surface area contributed by atoms with E-state index in [-0.39, 0.29) is 12.1 Å². The summed E-state index contributed by atoms with van der Waals surface area (Å²) >= 11 is 0. The van der Waals surface area contributed by atoms with E-state index >= 15 is 0 Å². The highest BCUT2D eigenvalue weighted by molar-refractivity contribution is 5.89. The van der Waals surface area contributed by atoms with Crippen LogP contribution in [-0.2, 0) is 4.74 Å². The van der Waals surface area contributed by atoms with Crippen molar-refractivity contribution in [3.05, 3.63) is 29.8 Å². The van der Waals surface area contributed by atoms with E-state index in [1.807, 2.05) is 38.1 Å². The number of hydrogen-bond acceptors (Lipinski definition) is 3. The summed E-state index contributed by atoms with van der Waals surface area (Å²) in [6.07, 6.45) is 5.11. The first-order chi connectivity index (χ1) is 9.56. The molecule has 3 heteroatoms. The number of carbonyl (C=O) groups is 1. The SMILES string of the molecule is CC(C)OC(=O)c1ccc(NC2CCCCC2C)cc1. The first-order valence-corrected chi connectivity index (χ1v) is 7.64. The van der Waals surface area contributed by atoms with Gasteiger partial charge in [0.2, 0.25) is 0 Å². The topological polar surface area (TPSA) is 38.3 Å². The molecule has 1 N–H and O–H groups in total. The van der Waals surface area contributed by atoms with Gasteiger partial charge in [0.1, 0.15) is 0 Å². The molecular formula is C17H25NO2. The van der Waals surface area contributed by atoms with Crippen molar-refractivity contribution in [1.82, 2.24) is 0 Å². The van der Waals surface area contributed by atoms with E-state index in [2.05, 4.69) is 12.2 Å². The van der Waals surface area contributed by atoms with Crippen LogP contribution in [0.2, 0.25) is 0 Å². The molecule has 1 aromatic carbocycles. The lowest BCUT2D eigenvalue weighted by molar-refractivity contribution is 0.0378. The minimum absolute atomic E-state index is 0.0802. The second kappa shape index (κ2) is 6.78. The molecule has 0 heterocycles. The van der Waals surface area contributed by atoms with Gasteiger partial charge in [0, 0.05) is 11.7 Å². The standard InChI is InChI=1S/C17H25NO2/c1-12(2)20-17(19)14-8-10-15(11-9-14)18-16-7-5-4-6-13(16)3/h8-13,16,18H,4-7H2,1-3H3. The molecule has 2 unspecified atom stereocenters. The van der Waals surface area contributed by atoms with Crippen LogP contribution in [0.4, 0.5) is 5.69 Å². The average Bonchev–Trinajstić information content (AvgIpc) is 2.41. The Hall–Kier alpha value is -1.51. The predicted octanol–water partition coefficient (Wildman–Crippen LogP) is 4.24. The maximum absolute atomic E-state index is 11.8. The second-order valence-electron chi connectivity index (χ2n) is 6.04. The molecule has 0 aromatic heterocycles. The van der Waals surface area contributed by atoms with Gasteiger partial charge in [-0.3, -0.25) is 0 Å². The minimum Gasteiger partial charge on any atom is -0.459 e. The number of ether oxygens (including phenoxy) is 1. The summed E-state index contributed by atoms with van der Waals surface area (Å²) in [4.78, 5) is 11.8. The van der Waals surface area contributed by atoms with Gasteiger partial charge in [-0.15, -0.1) is 0 Å². The molecule has 1 aliphatic carbocycles. The molecule has 1 saturated carbocycles. The molecule has 20 heavy (non-hydrogen) atoms. The van der Waals surface area contributed by atoms with Crippen molar-refractivity contribution >= 4 is 11.7 Å². The molecule has 2 rings (SSSR count). The number of hydrogen-bond donors (Lipinski definition) is 1. The lowest BCUT2D eigenvalue weighted by Gasteiger charge is -2.30. The summed E-state index contributed by atoms with van der Waals surface area (Å²) in [5.74, 6) is 0.465. The van der Waals surface area contributed by atoms with E-state index in [1.54, 1.807) is 0 Å². The van der Waals surface area contributed by atoms with Gasteiger partial charge in [-0.1, -0.05) is 19.8 Å². The number of rotatable bonds is 4. The van der Waals surface area contributed by atoms with Crippen LogP contribution in [0.3, 0.4) is 0 Å². The molecule has 2 atom stereocenters. The molecule has 0 spiro atoms. The molecular weight excluding hydrogens is 250 g/mol. The molecule has 0 saturated heterocycles. The van der Waals surface area contributed by atoms with Crippen molar-refractivity contribution in [1.29, 1.82) is 0 Å². The molecule has 1 fully saturated rings. The highest BCUT2D eigenvalue weighted by Gasteiger charge is 2.20. The first-order valence-electron chi connectivity index (χ1n) is 7.64. The Morgan fingerprint density at radius 1 is 1.20 bits per heavy atom.